The lowest BCUT2D eigenvalue weighted by atomic mass is 9.97. The molecule has 1 fully saturated rings. The SMILES string of the molecule is Cc1ccc2c(c1)N(C)C(=O)C(NC(=O)N1CCC(N3Cc4ccccc4NC3=O)CC1)N=C2C(C)C. The maximum Gasteiger partial charge on any atom is 0.322 e. The molecule has 3 aliphatic rings. The molecule has 1 unspecified atom stereocenters. The van der Waals surface area contributed by atoms with Crippen LogP contribution in [0, 0.1) is 12.8 Å². The van der Waals surface area contributed by atoms with Crippen molar-refractivity contribution < 1.29 is 14.4 Å². The van der Waals surface area contributed by atoms with E-state index in [2.05, 4.69) is 10.6 Å². The number of hydrogen-bond donors (Lipinski definition) is 2. The second-order valence-electron chi connectivity index (χ2n) is 10.4. The fourth-order valence-corrected chi connectivity index (χ4v) is 5.36. The molecule has 5 amide bonds. The summed E-state index contributed by atoms with van der Waals surface area (Å²) in [5.74, 6) is -0.189. The summed E-state index contributed by atoms with van der Waals surface area (Å²) in [6.07, 6.45) is 0.351. The number of amides is 5. The first-order valence-electron chi connectivity index (χ1n) is 12.9. The number of carbonyl (C=O) groups excluding carboxylic acids is 3. The molecule has 0 aliphatic carbocycles. The summed E-state index contributed by atoms with van der Waals surface area (Å²) >= 11 is 0. The Balaban J connectivity index is 1.26. The first-order valence-corrected chi connectivity index (χ1v) is 12.9. The van der Waals surface area contributed by atoms with E-state index in [0.717, 1.165) is 33.8 Å². The summed E-state index contributed by atoms with van der Waals surface area (Å²) in [6, 6.07) is 13.5. The molecule has 0 saturated carbocycles. The molecule has 0 aromatic heterocycles. The Kier molecular flexibility index (Phi) is 6.62. The van der Waals surface area contributed by atoms with Gasteiger partial charge in [0.25, 0.3) is 5.91 Å². The van der Waals surface area contributed by atoms with Crippen molar-refractivity contribution in [3.8, 4) is 0 Å². The Morgan fingerprint density at radius 1 is 1.11 bits per heavy atom. The molecule has 9 heteroatoms. The third-order valence-electron chi connectivity index (χ3n) is 7.48. The fraction of sp³-hybridized carbons (Fsp3) is 0.429. The van der Waals surface area contributed by atoms with E-state index in [1.54, 1.807) is 16.8 Å². The van der Waals surface area contributed by atoms with E-state index in [1.165, 1.54) is 0 Å². The summed E-state index contributed by atoms with van der Waals surface area (Å²) < 4.78 is 0. The number of aryl methyl sites for hydroxylation is 1. The first kappa shape index (κ1) is 24.8. The van der Waals surface area contributed by atoms with Crippen LogP contribution in [-0.2, 0) is 11.3 Å². The lowest BCUT2D eigenvalue weighted by Crippen LogP contribution is -2.55. The molecular formula is C28H34N6O3. The largest absolute Gasteiger partial charge is 0.325 e. The Morgan fingerprint density at radius 2 is 1.84 bits per heavy atom. The number of likely N-dealkylation sites (tertiary alicyclic amines) is 1. The summed E-state index contributed by atoms with van der Waals surface area (Å²) in [6.45, 7) is 7.63. The highest BCUT2D eigenvalue weighted by Gasteiger charge is 2.35. The van der Waals surface area contributed by atoms with Crippen LogP contribution < -0.4 is 15.5 Å². The van der Waals surface area contributed by atoms with Crippen LogP contribution in [0.4, 0.5) is 21.0 Å². The van der Waals surface area contributed by atoms with Gasteiger partial charge < -0.3 is 25.3 Å². The lowest BCUT2D eigenvalue weighted by Gasteiger charge is -2.40. The van der Waals surface area contributed by atoms with E-state index in [9.17, 15) is 14.4 Å². The number of carbonyl (C=O) groups is 3. The molecule has 0 spiro atoms. The molecule has 2 aromatic carbocycles. The molecule has 1 saturated heterocycles. The number of urea groups is 2. The molecular weight excluding hydrogens is 468 g/mol. The Labute approximate surface area is 217 Å². The second-order valence-corrected chi connectivity index (χ2v) is 10.4. The quantitative estimate of drug-likeness (QED) is 0.665. The van der Waals surface area contributed by atoms with Crippen molar-refractivity contribution in [1.82, 2.24) is 15.1 Å². The second kappa shape index (κ2) is 9.88. The van der Waals surface area contributed by atoms with Crippen molar-refractivity contribution in [3.63, 3.8) is 0 Å². The predicted molar refractivity (Wildman–Crippen MR) is 144 cm³/mol. The third-order valence-corrected chi connectivity index (χ3v) is 7.48. The van der Waals surface area contributed by atoms with Crippen LogP contribution in [-0.4, -0.2) is 65.8 Å². The number of benzodiazepines with no additional fused rings is 1. The van der Waals surface area contributed by atoms with E-state index in [-0.39, 0.29) is 29.9 Å². The normalized spacial score (nSPS) is 20.2. The molecule has 0 bridgehead atoms. The van der Waals surface area contributed by atoms with E-state index in [4.69, 9.17) is 4.99 Å². The van der Waals surface area contributed by atoms with Crippen molar-refractivity contribution in [1.29, 1.82) is 0 Å². The minimum absolute atomic E-state index is 0.0476. The molecule has 2 N–H and O–H groups in total. The molecule has 0 radical (unpaired) electrons. The highest BCUT2D eigenvalue weighted by atomic mass is 16.2. The van der Waals surface area contributed by atoms with Gasteiger partial charge in [0.05, 0.1) is 5.69 Å². The zero-order valence-electron chi connectivity index (χ0n) is 21.8. The van der Waals surface area contributed by atoms with Crippen LogP contribution in [0.25, 0.3) is 0 Å². The average Bonchev–Trinajstić information content (AvgIpc) is 2.99. The van der Waals surface area contributed by atoms with Gasteiger partial charge in [0.2, 0.25) is 6.17 Å². The number of nitrogens with one attached hydrogen (secondary N) is 2. The van der Waals surface area contributed by atoms with Gasteiger partial charge in [-0.25, -0.2) is 9.59 Å². The van der Waals surface area contributed by atoms with Crippen molar-refractivity contribution in [3.05, 3.63) is 59.2 Å². The molecule has 3 heterocycles. The molecule has 3 aliphatic heterocycles. The average molecular weight is 503 g/mol. The molecule has 9 nitrogen and oxygen atoms in total. The highest BCUT2D eigenvalue weighted by Crippen LogP contribution is 2.29. The number of fused-ring (bicyclic) bond motifs is 2. The zero-order valence-corrected chi connectivity index (χ0v) is 21.8. The van der Waals surface area contributed by atoms with Crippen molar-refractivity contribution in [2.24, 2.45) is 10.9 Å². The van der Waals surface area contributed by atoms with Crippen LogP contribution in [0.15, 0.2) is 47.5 Å². The Bertz CT molecular complexity index is 1260. The zero-order chi connectivity index (χ0) is 26.3. The number of para-hydroxylation sites is 1. The third kappa shape index (κ3) is 4.77. The number of piperidine rings is 1. The smallest absolute Gasteiger partial charge is 0.322 e. The highest BCUT2D eigenvalue weighted by molar-refractivity contribution is 6.13. The van der Waals surface area contributed by atoms with E-state index in [1.807, 2.05) is 68.1 Å². The molecule has 1 atom stereocenters. The van der Waals surface area contributed by atoms with Crippen LogP contribution in [0.1, 0.15) is 43.4 Å². The van der Waals surface area contributed by atoms with Gasteiger partial charge in [0, 0.05) is 49.7 Å². The van der Waals surface area contributed by atoms with Gasteiger partial charge in [-0.15, -0.1) is 0 Å². The maximum atomic E-state index is 13.3. The van der Waals surface area contributed by atoms with Crippen LogP contribution in [0.5, 0.6) is 0 Å². The first-order chi connectivity index (χ1) is 17.7. The number of likely N-dealkylation sites (N-methyl/N-ethyl adjacent to an activating group) is 1. The molecule has 37 heavy (non-hydrogen) atoms. The monoisotopic (exact) mass is 502 g/mol. The van der Waals surface area contributed by atoms with Crippen LogP contribution in [0.2, 0.25) is 0 Å². The lowest BCUT2D eigenvalue weighted by molar-refractivity contribution is -0.119. The standard InChI is InChI=1S/C28H34N6O3/c1-17(2)24-21-10-9-18(3)15-23(21)32(4)26(35)25(30-24)31-27(36)33-13-11-20(12-14-33)34-16-19-7-5-6-8-22(19)29-28(34)37/h5-10,15,17,20,25H,11-14,16H2,1-4H3,(H,29,37)(H,31,36). The number of nitrogens with zero attached hydrogens (tertiary/aromatic N) is 4. The number of benzene rings is 2. The van der Waals surface area contributed by atoms with E-state index in [0.29, 0.717) is 32.5 Å². The van der Waals surface area contributed by atoms with Crippen molar-refractivity contribution >= 4 is 35.1 Å². The number of hydrogen-bond acceptors (Lipinski definition) is 4. The minimum atomic E-state index is -0.996. The van der Waals surface area contributed by atoms with Gasteiger partial charge in [-0.2, -0.15) is 0 Å². The van der Waals surface area contributed by atoms with Crippen LogP contribution >= 0.6 is 0 Å². The molecule has 2 aromatic rings. The van der Waals surface area contributed by atoms with Crippen molar-refractivity contribution in [2.75, 3.05) is 30.4 Å². The summed E-state index contributed by atoms with van der Waals surface area (Å²) in [5.41, 5.74) is 5.52. The topological polar surface area (TPSA) is 97.4 Å². The van der Waals surface area contributed by atoms with E-state index < -0.39 is 6.17 Å². The number of rotatable bonds is 3. The van der Waals surface area contributed by atoms with Gasteiger partial charge in [-0.1, -0.05) is 44.2 Å². The summed E-state index contributed by atoms with van der Waals surface area (Å²) in [4.78, 5) is 49.2. The number of aliphatic imine (C=N–C) groups is 1. The maximum absolute atomic E-state index is 13.3. The van der Waals surface area contributed by atoms with Crippen molar-refractivity contribution in [2.45, 2.75) is 52.4 Å². The van der Waals surface area contributed by atoms with Gasteiger partial charge in [-0.3, -0.25) is 9.79 Å². The molecule has 194 valence electrons. The Hall–Kier alpha value is -3.88. The van der Waals surface area contributed by atoms with Gasteiger partial charge in [0.15, 0.2) is 0 Å². The van der Waals surface area contributed by atoms with Gasteiger partial charge >= 0.3 is 12.1 Å². The van der Waals surface area contributed by atoms with E-state index >= 15 is 0 Å². The number of anilines is 2. The van der Waals surface area contributed by atoms with Gasteiger partial charge in [-0.05, 0) is 48.9 Å². The van der Waals surface area contributed by atoms with Crippen LogP contribution in [0.3, 0.4) is 0 Å². The summed E-state index contributed by atoms with van der Waals surface area (Å²) in [7, 11) is 1.73. The minimum Gasteiger partial charge on any atom is -0.325 e. The summed E-state index contributed by atoms with van der Waals surface area (Å²) in [5, 5.41) is 5.85. The predicted octanol–water partition coefficient (Wildman–Crippen LogP) is 3.96. The Morgan fingerprint density at radius 3 is 2.57 bits per heavy atom. The van der Waals surface area contributed by atoms with Gasteiger partial charge in [0.1, 0.15) is 0 Å². The fourth-order valence-electron chi connectivity index (χ4n) is 5.36. The molecule has 5 rings (SSSR count).